The summed E-state index contributed by atoms with van der Waals surface area (Å²) >= 11 is 0. The third-order valence-corrected chi connectivity index (χ3v) is 4.21. The molecule has 0 radical (unpaired) electrons. The van der Waals surface area contributed by atoms with E-state index in [1.165, 1.54) is 12.1 Å². The molecule has 0 aliphatic rings. The molecule has 2 aromatic heterocycles. The smallest absolute Gasteiger partial charge is 0.322 e. The molecule has 0 spiro atoms. The average molecular weight is 380 g/mol. The molecule has 0 unspecified atom stereocenters. The molecule has 0 atom stereocenters. The monoisotopic (exact) mass is 380 g/mol. The predicted molar refractivity (Wildman–Crippen MR) is 104 cm³/mol. The van der Waals surface area contributed by atoms with Gasteiger partial charge in [-0.15, -0.1) is 0 Å². The molecule has 0 saturated carbocycles. The van der Waals surface area contributed by atoms with Gasteiger partial charge in [-0.25, -0.2) is 4.98 Å². The van der Waals surface area contributed by atoms with E-state index in [9.17, 15) is 14.4 Å². The Morgan fingerprint density at radius 2 is 1.82 bits per heavy atom. The van der Waals surface area contributed by atoms with E-state index in [4.69, 9.17) is 5.11 Å². The SMILES string of the molecule is CCc1nc2cc(C)ccn2c1C(=O)Nc1ccc(C(=O)NCC(=O)O)cc1. The van der Waals surface area contributed by atoms with Gasteiger partial charge >= 0.3 is 5.97 Å². The molecule has 28 heavy (non-hydrogen) atoms. The molecule has 0 fully saturated rings. The minimum absolute atomic E-state index is 0.295. The molecule has 8 heteroatoms. The number of hydrogen-bond acceptors (Lipinski definition) is 4. The summed E-state index contributed by atoms with van der Waals surface area (Å²) in [6, 6.07) is 10.0. The van der Waals surface area contributed by atoms with Crippen LogP contribution < -0.4 is 10.6 Å². The van der Waals surface area contributed by atoms with Crippen molar-refractivity contribution in [2.45, 2.75) is 20.3 Å². The quantitative estimate of drug-likeness (QED) is 0.607. The highest BCUT2D eigenvalue weighted by atomic mass is 16.4. The van der Waals surface area contributed by atoms with Crippen molar-refractivity contribution in [3.8, 4) is 0 Å². The molecule has 3 N–H and O–H groups in total. The van der Waals surface area contributed by atoms with Crippen molar-refractivity contribution in [3.63, 3.8) is 0 Å². The zero-order valence-electron chi connectivity index (χ0n) is 15.5. The Morgan fingerprint density at radius 3 is 2.46 bits per heavy atom. The van der Waals surface area contributed by atoms with Crippen LogP contribution in [0.15, 0.2) is 42.6 Å². The molecule has 2 amide bonds. The Bertz CT molecular complexity index is 1050. The first kappa shape index (κ1) is 19.1. The lowest BCUT2D eigenvalue weighted by molar-refractivity contribution is -0.135. The van der Waals surface area contributed by atoms with Gasteiger partial charge in [0.2, 0.25) is 0 Å². The number of nitrogens with one attached hydrogen (secondary N) is 2. The first-order chi connectivity index (χ1) is 13.4. The van der Waals surface area contributed by atoms with Crippen molar-refractivity contribution in [2.24, 2.45) is 0 Å². The number of fused-ring (bicyclic) bond motifs is 1. The van der Waals surface area contributed by atoms with E-state index in [1.807, 2.05) is 32.2 Å². The highest BCUT2D eigenvalue weighted by molar-refractivity contribution is 6.05. The van der Waals surface area contributed by atoms with Crippen LogP contribution in [-0.4, -0.2) is 38.8 Å². The summed E-state index contributed by atoms with van der Waals surface area (Å²) in [5.41, 5.74) is 3.77. The lowest BCUT2D eigenvalue weighted by Crippen LogP contribution is -2.29. The van der Waals surface area contributed by atoms with Gasteiger partial charge in [0, 0.05) is 17.4 Å². The van der Waals surface area contributed by atoms with E-state index in [2.05, 4.69) is 15.6 Å². The largest absolute Gasteiger partial charge is 0.480 e. The summed E-state index contributed by atoms with van der Waals surface area (Å²) in [4.78, 5) is 39.7. The molecule has 0 aliphatic heterocycles. The second kappa shape index (κ2) is 7.91. The summed E-state index contributed by atoms with van der Waals surface area (Å²) in [5, 5.41) is 13.7. The van der Waals surface area contributed by atoms with Crippen molar-refractivity contribution < 1.29 is 19.5 Å². The van der Waals surface area contributed by atoms with Gasteiger partial charge in [-0.2, -0.15) is 0 Å². The van der Waals surface area contributed by atoms with Crippen molar-refractivity contribution in [3.05, 3.63) is 65.1 Å². The van der Waals surface area contributed by atoms with Crippen molar-refractivity contribution >= 4 is 29.1 Å². The third-order valence-electron chi connectivity index (χ3n) is 4.21. The number of carbonyl (C=O) groups excluding carboxylic acids is 2. The van der Waals surface area contributed by atoms with Crippen LogP contribution in [-0.2, 0) is 11.2 Å². The Kier molecular flexibility index (Phi) is 5.39. The number of nitrogens with zero attached hydrogens (tertiary/aromatic N) is 2. The van der Waals surface area contributed by atoms with Gasteiger partial charge in [0.15, 0.2) is 0 Å². The normalized spacial score (nSPS) is 10.6. The number of hydrogen-bond donors (Lipinski definition) is 3. The minimum atomic E-state index is -1.12. The van der Waals surface area contributed by atoms with Gasteiger partial charge in [0.1, 0.15) is 17.9 Å². The second-order valence-electron chi connectivity index (χ2n) is 6.30. The number of pyridine rings is 1. The van der Waals surface area contributed by atoms with Crippen molar-refractivity contribution in [2.75, 3.05) is 11.9 Å². The number of carbonyl (C=O) groups is 3. The maximum atomic E-state index is 12.8. The van der Waals surface area contributed by atoms with Gasteiger partial charge in [0.05, 0.1) is 5.69 Å². The van der Waals surface area contributed by atoms with Gasteiger partial charge in [0.25, 0.3) is 11.8 Å². The van der Waals surface area contributed by atoms with E-state index < -0.39 is 18.4 Å². The number of carboxylic acids is 1. The van der Waals surface area contributed by atoms with E-state index in [0.29, 0.717) is 34.7 Å². The first-order valence-corrected chi connectivity index (χ1v) is 8.78. The number of amides is 2. The number of aryl methyl sites for hydroxylation is 2. The molecule has 3 aromatic rings. The number of imidazole rings is 1. The van der Waals surface area contributed by atoms with Crippen LogP contribution in [0, 0.1) is 6.92 Å². The fourth-order valence-electron chi connectivity index (χ4n) is 2.84. The number of rotatable bonds is 6. The van der Waals surface area contributed by atoms with Crippen LogP contribution in [0.1, 0.15) is 39.0 Å². The summed E-state index contributed by atoms with van der Waals surface area (Å²) in [6.45, 7) is 3.45. The average Bonchev–Trinajstić information content (AvgIpc) is 3.04. The Morgan fingerprint density at radius 1 is 1.11 bits per heavy atom. The van der Waals surface area contributed by atoms with E-state index in [-0.39, 0.29) is 5.91 Å². The second-order valence-corrected chi connectivity index (χ2v) is 6.30. The minimum Gasteiger partial charge on any atom is -0.480 e. The van der Waals surface area contributed by atoms with Gasteiger partial charge in [-0.05, 0) is 55.3 Å². The Hall–Kier alpha value is -3.68. The number of carboxylic acid groups (broad SMARTS) is 1. The zero-order chi connectivity index (χ0) is 20.3. The zero-order valence-corrected chi connectivity index (χ0v) is 15.5. The standard InChI is InChI=1S/C20H20N4O4/c1-3-15-18(24-9-8-12(2)10-16(24)23-15)20(28)22-14-6-4-13(5-7-14)19(27)21-11-17(25)26/h4-10H,3,11H2,1-2H3,(H,21,27)(H,22,28)(H,25,26). The molecule has 144 valence electrons. The van der Waals surface area contributed by atoms with Gasteiger partial charge in [-0.1, -0.05) is 6.92 Å². The molecule has 2 heterocycles. The highest BCUT2D eigenvalue weighted by Gasteiger charge is 2.18. The number of benzene rings is 1. The van der Waals surface area contributed by atoms with Gasteiger partial charge < -0.3 is 15.7 Å². The van der Waals surface area contributed by atoms with Crippen LogP contribution in [0.2, 0.25) is 0 Å². The predicted octanol–water partition coefficient (Wildman–Crippen LogP) is 2.27. The Balaban J connectivity index is 1.79. The van der Waals surface area contributed by atoms with Gasteiger partial charge in [-0.3, -0.25) is 18.8 Å². The molecular weight excluding hydrogens is 360 g/mol. The lowest BCUT2D eigenvalue weighted by Gasteiger charge is -2.08. The highest BCUT2D eigenvalue weighted by Crippen LogP contribution is 2.17. The number of aromatic nitrogens is 2. The third kappa shape index (κ3) is 4.01. The van der Waals surface area contributed by atoms with Crippen molar-refractivity contribution in [1.82, 2.24) is 14.7 Å². The topological polar surface area (TPSA) is 113 Å². The van der Waals surface area contributed by atoms with E-state index >= 15 is 0 Å². The van der Waals surface area contributed by atoms with Crippen LogP contribution in [0.5, 0.6) is 0 Å². The maximum Gasteiger partial charge on any atom is 0.322 e. The first-order valence-electron chi connectivity index (χ1n) is 8.78. The fourth-order valence-corrected chi connectivity index (χ4v) is 2.84. The fraction of sp³-hybridized carbons (Fsp3) is 0.200. The molecule has 1 aromatic carbocycles. The summed E-state index contributed by atoms with van der Waals surface area (Å²) in [5.74, 6) is -1.91. The molecule has 0 saturated heterocycles. The summed E-state index contributed by atoms with van der Waals surface area (Å²) < 4.78 is 1.76. The van der Waals surface area contributed by atoms with Crippen LogP contribution in [0.4, 0.5) is 5.69 Å². The summed E-state index contributed by atoms with van der Waals surface area (Å²) in [7, 11) is 0. The molecule has 0 aliphatic carbocycles. The lowest BCUT2D eigenvalue weighted by atomic mass is 10.2. The van der Waals surface area contributed by atoms with Crippen LogP contribution in [0.3, 0.4) is 0 Å². The number of anilines is 1. The van der Waals surface area contributed by atoms with E-state index in [0.717, 1.165) is 5.56 Å². The molecular formula is C20H20N4O4. The molecule has 8 nitrogen and oxygen atoms in total. The number of aliphatic carboxylic acids is 1. The van der Waals surface area contributed by atoms with Crippen LogP contribution >= 0.6 is 0 Å². The maximum absolute atomic E-state index is 12.8. The molecule has 0 bridgehead atoms. The van der Waals surface area contributed by atoms with Crippen molar-refractivity contribution in [1.29, 1.82) is 0 Å². The Labute approximate surface area is 161 Å². The van der Waals surface area contributed by atoms with Crippen LogP contribution in [0.25, 0.3) is 5.65 Å². The van der Waals surface area contributed by atoms with E-state index in [1.54, 1.807) is 16.5 Å². The molecule has 3 rings (SSSR count). The summed E-state index contributed by atoms with van der Waals surface area (Å²) in [6.07, 6.45) is 2.44.